The third-order valence-electron chi connectivity index (χ3n) is 3.74. The molecular formula is C13H23N3O2S. The van der Waals surface area contributed by atoms with Crippen LogP contribution in [0.2, 0.25) is 0 Å². The molecule has 5 nitrogen and oxygen atoms in total. The van der Waals surface area contributed by atoms with E-state index in [9.17, 15) is 8.42 Å². The molecule has 0 aromatic carbocycles. The molecule has 0 spiro atoms. The molecule has 1 aromatic rings. The molecule has 1 fully saturated rings. The lowest BCUT2D eigenvalue weighted by atomic mass is 9.99. The van der Waals surface area contributed by atoms with Gasteiger partial charge in [0.1, 0.15) is 0 Å². The molecule has 2 heterocycles. The van der Waals surface area contributed by atoms with Crippen LogP contribution in [0.15, 0.2) is 18.3 Å². The maximum Gasteiger partial charge on any atom is 0.211 e. The molecule has 2 unspecified atom stereocenters. The Bertz CT molecular complexity index is 522. The molecule has 2 rings (SSSR count). The summed E-state index contributed by atoms with van der Waals surface area (Å²) in [6.07, 6.45) is 5.33. The smallest absolute Gasteiger partial charge is 0.211 e. The summed E-state index contributed by atoms with van der Waals surface area (Å²) in [5.41, 5.74) is 7.04. The zero-order chi connectivity index (χ0) is 14.0. The van der Waals surface area contributed by atoms with E-state index in [1.54, 1.807) is 4.31 Å². The molecule has 19 heavy (non-hydrogen) atoms. The van der Waals surface area contributed by atoms with Crippen LogP contribution in [-0.2, 0) is 16.6 Å². The Morgan fingerprint density at radius 1 is 1.53 bits per heavy atom. The zero-order valence-corrected chi connectivity index (χ0v) is 12.4. The standard InChI is InChI=1S/C13H23N3O2S/c1-11(14)13-6-4-7-15(13)9-12-5-3-8-16(10-12)19(2,17)18/h4,6-7,11-12H,3,5,8-10,14H2,1-2H3. The lowest BCUT2D eigenvalue weighted by Crippen LogP contribution is -2.40. The van der Waals surface area contributed by atoms with Crippen LogP contribution in [0.5, 0.6) is 0 Å². The molecule has 1 aliphatic heterocycles. The summed E-state index contributed by atoms with van der Waals surface area (Å²) in [7, 11) is -3.06. The predicted octanol–water partition coefficient (Wildman–Crippen LogP) is 1.18. The highest BCUT2D eigenvalue weighted by Crippen LogP contribution is 2.22. The summed E-state index contributed by atoms with van der Waals surface area (Å²) < 4.78 is 27.0. The quantitative estimate of drug-likeness (QED) is 0.903. The minimum atomic E-state index is -3.06. The molecule has 2 N–H and O–H groups in total. The van der Waals surface area contributed by atoms with Crippen molar-refractivity contribution >= 4 is 10.0 Å². The number of rotatable bonds is 4. The average molecular weight is 285 g/mol. The lowest BCUT2D eigenvalue weighted by Gasteiger charge is -2.31. The van der Waals surface area contributed by atoms with E-state index in [-0.39, 0.29) is 6.04 Å². The monoisotopic (exact) mass is 285 g/mol. The van der Waals surface area contributed by atoms with Crippen molar-refractivity contribution < 1.29 is 8.42 Å². The van der Waals surface area contributed by atoms with Gasteiger partial charge < -0.3 is 10.3 Å². The Morgan fingerprint density at radius 2 is 2.26 bits per heavy atom. The van der Waals surface area contributed by atoms with Crippen LogP contribution in [0.1, 0.15) is 31.5 Å². The number of aromatic nitrogens is 1. The van der Waals surface area contributed by atoms with Crippen LogP contribution in [0.4, 0.5) is 0 Å². The normalized spacial score (nSPS) is 23.4. The van der Waals surface area contributed by atoms with E-state index in [1.165, 1.54) is 6.26 Å². The highest BCUT2D eigenvalue weighted by Gasteiger charge is 2.26. The van der Waals surface area contributed by atoms with Crippen molar-refractivity contribution in [3.63, 3.8) is 0 Å². The molecule has 1 saturated heterocycles. The van der Waals surface area contributed by atoms with Crippen LogP contribution in [0, 0.1) is 5.92 Å². The van der Waals surface area contributed by atoms with Gasteiger partial charge in [0.15, 0.2) is 0 Å². The SMILES string of the molecule is CC(N)c1cccn1CC1CCCN(S(C)(=O)=O)C1. The van der Waals surface area contributed by atoms with E-state index in [2.05, 4.69) is 4.57 Å². The van der Waals surface area contributed by atoms with Crippen LogP contribution < -0.4 is 5.73 Å². The number of hydrogen-bond acceptors (Lipinski definition) is 3. The number of hydrogen-bond donors (Lipinski definition) is 1. The molecule has 2 atom stereocenters. The maximum absolute atomic E-state index is 11.6. The summed E-state index contributed by atoms with van der Waals surface area (Å²) in [6, 6.07) is 4.03. The van der Waals surface area contributed by atoms with Crippen LogP contribution in [-0.4, -0.2) is 36.6 Å². The number of piperidine rings is 1. The second-order valence-corrected chi connectivity index (χ2v) is 7.49. The molecule has 6 heteroatoms. The largest absolute Gasteiger partial charge is 0.350 e. The van der Waals surface area contributed by atoms with Gasteiger partial charge in [-0.3, -0.25) is 0 Å². The van der Waals surface area contributed by atoms with Crippen molar-refractivity contribution in [1.29, 1.82) is 0 Å². The number of nitrogens with two attached hydrogens (primary N) is 1. The van der Waals surface area contributed by atoms with Crippen molar-refractivity contribution in [1.82, 2.24) is 8.87 Å². The molecular weight excluding hydrogens is 262 g/mol. The van der Waals surface area contributed by atoms with E-state index in [4.69, 9.17) is 5.73 Å². The van der Waals surface area contributed by atoms with Gasteiger partial charge in [0.25, 0.3) is 0 Å². The van der Waals surface area contributed by atoms with Gasteiger partial charge in [0.05, 0.1) is 6.26 Å². The fourth-order valence-corrected chi connectivity index (χ4v) is 3.70. The highest BCUT2D eigenvalue weighted by molar-refractivity contribution is 7.88. The van der Waals surface area contributed by atoms with Crippen molar-refractivity contribution in [3.8, 4) is 0 Å². The zero-order valence-electron chi connectivity index (χ0n) is 11.6. The molecule has 0 saturated carbocycles. The minimum Gasteiger partial charge on any atom is -0.350 e. The van der Waals surface area contributed by atoms with E-state index in [1.807, 2.05) is 25.3 Å². The second kappa shape index (κ2) is 5.64. The number of nitrogens with zero attached hydrogens (tertiary/aromatic N) is 2. The Balaban J connectivity index is 2.05. The van der Waals surface area contributed by atoms with E-state index >= 15 is 0 Å². The van der Waals surface area contributed by atoms with Crippen LogP contribution in [0.25, 0.3) is 0 Å². The Morgan fingerprint density at radius 3 is 2.89 bits per heavy atom. The van der Waals surface area contributed by atoms with Gasteiger partial charge in [-0.15, -0.1) is 0 Å². The molecule has 1 aromatic heterocycles. The topological polar surface area (TPSA) is 68.3 Å². The highest BCUT2D eigenvalue weighted by atomic mass is 32.2. The lowest BCUT2D eigenvalue weighted by molar-refractivity contribution is 0.244. The summed E-state index contributed by atoms with van der Waals surface area (Å²) in [4.78, 5) is 0. The summed E-state index contributed by atoms with van der Waals surface area (Å²) in [6.45, 7) is 4.09. The molecule has 0 radical (unpaired) electrons. The van der Waals surface area contributed by atoms with Crippen LogP contribution >= 0.6 is 0 Å². The maximum atomic E-state index is 11.6. The van der Waals surface area contributed by atoms with Gasteiger partial charge in [0.2, 0.25) is 10.0 Å². The van der Waals surface area contributed by atoms with Gasteiger partial charge in [-0.1, -0.05) is 0 Å². The predicted molar refractivity (Wildman–Crippen MR) is 76.2 cm³/mol. The van der Waals surface area contributed by atoms with Crippen molar-refractivity contribution in [2.24, 2.45) is 11.7 Å². The molecule has 0 aliphatic carbocycles. The van der Waals surface area contributed by atoms with Gasteiger partial charge in [-0.2, -0.15) is 0 Å². The Kier molecular flexibility index (Phi) is 4.32. The first kappa shape index (κ1) is 14.6. The Hall–Kier alpha value is -0.850. The first-order valence-corrected chi connectivity index (χ1v) is 8.58. The minimum absolute atomic E-state index is 0.00426. The van der Waals surface area contributed by atoms with E-state index in [0.717, 1.165) is 25.1 Å². The molecule has 0 amide bonds. The molecule has 1 aliphatic rings. The first-order chi connectivity index (χ1) is 8.88. The summed E-state index contributed by atoms with van der Waals surface area (Å²) in [5.74, 6) is 0.369. The van der Waals surface area contributed by atoms with Crippen molar-refractivity contribution in [2.75, 3.05) is 19.3 Å². The summed E-state index contributed by atoms with van der Waals surface area (Å²) >= 11 is 0. The number of sulfonamides is 1. The van der Waals surface area contributed by atoms with E-state index < -0.39 is 10.0 Å². The second-order valence-electron chi connectivity index (χ2n) is 5.50. The third kappa shape index (κ3) is 3.58. The fraction of sp³-hybridized carbons (Fsp3) is 0.692. The third-order valence-corrected chi connectivity index (χ3v) is 5.01. The summed E-state index contributed by atoms with van der Waals surface area (Å²) in [5, 5.41) is 0. The van der Waals surface area contributed by atoms with Gasteiger partial charge in [-0.25, -0.2) is 12.7 Å². The average Bonchev–Trinajstić information content (AvgIpc) is 2.76. The Labute approximate surface area is 115 Å². The molecule has 108 valence electrons. The van der Waals surface area contributed by atoms with Crippen LogP contribution in [0.3, 0.4) is 0 Å². The van der Waals surface area contributed by atoms with Gasteiger partial charge >= 0.3 is 0 Å². The van der Waals surface area contributed by atoms with Crippen molar-refractivity contribution in [3.05, 3.63) is 24.0 Å². The van der Waals surface area contributed by atoms with Gasteiger partial charge in [-0.05, 0) is 37.8 Å². The van der Waals surface area contributed by atoms with Crippen molar-refractivity contribution in [2.45, 2.75) is 32.4 Å². The molecule has 0 bridgehead atoms. The first-order valence-electron chi connectivity index (χ1n) is 6.73. The fourth-order valence-electron chi connectivity index (χ4n) is 2.76. The van der Waals surface area contributed by atoms with E-state index in [0.29, 0.717) is 19.0 Å². The van der Waals surface area contributed by atoms with Gasteiger partial charge in [0, 0.05) is 37.6 Å².